The molecule has 1 aliphatic rings. The van der Waals surface area contributed by atoms with Crippen molar-refractivity contribution in [3.63, 3.8) is 0 Å². The number of carbonyl (C=O) groups excluding carboxylic acids is 1. The summed E-state index contributed by atoms with van der Waals surface area (Å²) in [5.41, 5.74) is 3.91. The molecule has 1 fully saturated rings. The maximum atomic E-state index is 12.5. The lowest BCUT2D eigenvalue weighted by molar-refractivity contribution is -0.138. The second-order valence-electron chi connectivity index (χ2n) is 8.77. The van der Waals surface area contributed by atoms with Crippen molar-refractivity contribution < 1.29 is 14.1 Å². The molecule has 0 spiro atoms. The van der Waals surface area contributed by atoms with Crippen LogP contribution in [0.25, 0.3) is 22.8 Å². The highest BCUT2D eigenvalue weighted by atomic mass is 35.5. The molecule has 0 radical (unpaired) electrons. The number of aromatic nitrogens is 2. The predicted octanol–water partition coefficient (Wildman–Crippen LogP) is 4.92. The van der Waals surface area contributed by atoms with Crippen LogP contribution < -0.4 is 0 Å². The number of carbonyl (C=O) groups is 1. The lowest BCUT2D eigenvalue weighted by atomic mass is 10.1. The Labute approximate surface area is 215 Å². The van der Waals surface area contributed by atoms with Gasteiger partial charge in [0.15, 0.2) is 0 Å². The Morgan fingerprint density at radius 2 is 1.64 bits per heavy atom. The standard InChI is InChI=1S/C28H27ClN4O3/c29-25-11-5-10-24(17-25)28-30-27(31-36-28)23-9-4-8-22(16-23)18-32-12-14-33(15-13-32)26(34)20-35-19-21-6-2-1-3-7-21/h1-11,16-17H,12-15,18-20H2. The molecule has 1 saturated heterocycles. The normalized spacial score (nSPS) is 14.2. The van der Waals surface area contributed by atoms with Crippen LogP contribution in [0.1, 0.15) is 11.1 Å². The van der Waals surface area contributed by atoms with Gasteiger partial charge in [-0.3, -0.25) is 9.69 Å². The zero-order chi connectivity index (χ0) is 24.7. The zero-order valence-electron chi connectivity index (χ0n) is 19.8. The average molecular weight is 503 g/mol. The molecule has 2 heterocycles. The minimum absolute atomic E-state index is 0.0418. The molecule has 4 aromatic rings. The van der Waals surface area contributed by atoms with Crippen molar-refractivity contribution in [2.45, 2.75) is 13.2 Å². The molecule has 1 amide bonds. The smallest absolute Gasteiger partial charge is 0.258 e. The summed E-state index contributed by atoms with van der Waals surface area (Å²) in [6.45, 7) is 4.37. The van der Waals surface area contributed by atoms with E-state index in [1.165, 1.54) is 0 Å². The van der Waals surface area contributed by atoms with E-state index in [0.717, 1.165) is 41.9 Å². The first-order valence-electron chi connectivity index (χ1n) is 11.9. The van der Waals surface area contributed by atoms with Gasteiger partial charge in [0.25, 0.3) is 5.89 Å². The number of halogens is 1. The van der Waals surface area contributed by atoms with E-state index >= 15 is 0 Å². The predicted molar refractivity (Wildman–Crippen MR) is 138 cm³/mol. The Morgan fingerprint density at radius 1 is 0.889 bits per heavy atom. The van der Waals surface area contributed by atoms with E-state index in [4.69, 9.17) is 20.9 Å². The Kier molecular flexibility index (Phi) is 7.71. The van der Waals surface area contributed by atoms with Crippen LogP contribution in [0.3, 0.4) is 0 Å². The maximum absolute atomic E-state index is 12.5. The van der Waals surface area contributed by atoms with Crippen LogP contribution in [0.4, 0.5) is 0 Å². The van der Waals surface area contributed by atoms with Gasteiger partial charge in [0.05, 0.1) is 6.61 Å². The van der Waals surface area contributed by atoms with Crippen molar-refractivity contribution >= 4 is 17.5 Å². The first kappa shape index (κ1) is 24.2. The minimum Gasteiger partial charge on any atom is -0.367 e. The second kappa shape index (κ2) is 11.5. The molecule has 1 aliphatic heterocycles. The Hall–Kier alpha value is -3.52. The number of nitrogens with zero attached hydrogens (tertiary/aromatic N) is 4. The number of amides is 1. The summed E-state index contributed by atoms with van der Waals surface area (Å²) >= 11 is 6.08. The summed E-state index contributed by atoms with van der Waals surface area (Å²) in [6.07, 6.45) is 0. The third kappa shape index (κ3) is 6.18. The van der Waals surface area contributed by atoms with Crippen LogP contribution >= 0.6 is 11.6 Å². The summed E-state index contributed by atoms with van der Waals surface area (Å²) < 4.78 is 11.1. The van der Waals surface area contributed by atoms with E-state index in [0.29, 0.717) is 36.4 Å². The molecule has 36 heavy (non-hydrogen) atoms. The fourth-order valence-electron chi connectivity index (χ4n) is 4.22. The SMILES string of the molecule is O=C(COCc1ccccc1)N1CCN(Cc2cccc(-c3noc(-c4cccc(Cl)c4)n3)c2)CC1. The number of benzene rings is 3. The van der Waals surface area contributed by atoms with Crippen LogP contribution in [-0.2, 0) is 22.7 Å². The fourth-order valence-corrected chi connectivity index (χ4v) is 4.41. The lowest BCUT2D eigenvalue weighted by Crippen LogP contribution is -2.49. The third-order valence-electron chi connectivity index (χ3n) is 6.15. The van der Waals surface area contributed by atoms with Gasteiger partial charge in [-0.15, -0.1) is 0 Å². The van der Waals surface area contributed by atoms with Crippen LogP contribution in [0.15, 0.2) is 83.4 Å². The lowest BCUT2D eigenvalue weighted by Gasteiger charge is -2.34. The summed E-state index contributed by atoms with van der Waals surface area (Å²) in [6, 6.07) is 25.4. The maximum Gasteiger partial charge on any atom is 0.258 e. The Morgan fingerprint density at radius 3 is 2.44 bits per heavy atom. The van der Waals surface area contributed by atoms with Crippen molar-refractivity contribution in [2.24, 2.45) is 0 Å². The molecule has 1 aromatic heterocycles. The number of piperazine rings is 1. The van der Waals surface area contributed by atoms with Crippen molar-refractivity contribution in [2.75, 3.05) is 32.8 Å². The molecule has 3 aromatic carbocycles. The number of hydrogen-bond donors (Lipinski definition) is 0. The average Bonchev–Trinajstić information content (AvgIpc) is 3.41. The number of rotatable bonds is 8. The van der Waals surface area contributed by atoms with E-state index in [9.17, 15) is 4.79 Å². The molecule has 0 atom stereocenters. The van der Waals surface area contributed by atoms with Crippen LogP contribution in [0.5, 0.6) is 0 Å². The van der Waals surface area contributed by atoms with E-state index in [1.807, 2.05) is 59.5 Å². The van der Waals surface area contributed by atoms with Crippen molar-refractivity contribution in [1.82, 2.24) is 19.9 Å². The molecule has 8 heteroatoms. The topological polar surface area (TPSA) is 71.7 Å². The molecule has 184 valence electrons. The fraction of sp³-hybridized carbons (Fsp3) is 0.250. The molecular weight excluding hydrogens is 476 g/mol. The molecule has 0 unspecified atom stereocenters. The molecule has 0 aliphatic carbocycles. The van der Waals surface area contributed by atoms with E-state index < -0.39 is 0 Å². The van der Waals surface area contributed by atoms with Gasteiger partial charge in [0.1, 0.15) is 6.61 Å². The van der Waals surface area contributed by atoms with Gasteiger partial charge in [0, 0.05) is 48.9 Å². The summed E-state index contributed by atoms with van der Waals surface area (Å²) in [5, 5.41) is 4.78. The van der Waals surface area contributed by atoms with Crippen LogP contribution in [0, 0.1) is 0 Å². The second-order valence-corrected chi connectivity index (χ2v) is 9.21. The minimum atomic E-state index is 0.0418. The van der Waals surface area contributed by atoms with Gasteiger partial charge in [-0.05, 0) is 35.4 Å². The molecule has 5 rings (SSSR count). The van der Waals surface area contributed by atoms with Crippen LogP contribution in [0.2, 0.25) is 5.02 Å². The zero-order valence-corrected chi connectivity index (χ0v) is 20.6. The van der Waals surface area contributed by atoms with E-state index in [1.54, 1.807) is 12.1 Å². The highest BCUT2D eigenvalue weighted by Gasteiger charge is 2.21. The van der Waals surface area contributed by atoms with Gasteiger partial charge in [0.2, 0.25) is 11.7 Å². The Balaban J connectivity index is 1.12. The van der Waals surface area contributed by atoms with Crippen molar-refractivity contribution in [3.05, 3.63) is 95.0 Å². The molecule has 0 bridgehead atoms. The first-order chi connectivity index (χ1) is 17.6. The Bertz CT molecular complexity index is 1300. The molecular formula is C28H27ClN4O3. The largest absolute Gasteiger partial charge is 0.367 e. The monoisotopic (exact) mass is 502 g/mol. The van der Waals surface area contributed by atoms with Gasteiger partial charge in [-0.1, -0.05) is 71.4 Å². The van der Waals surface area contributed by atoms with E-state index in [-0.39, 0.29) is 12.5 Å². The third-order valence-corrected chi connectivity index (χ3v) is 6.39. The molecule has 7 nitrogen and oxygen atoms in total. The quantitative estimate of drug-likeness (QED) is 0.340. The number of ether oxygens (including phenoxy) is 1. The summed E-state index contributed by atoms with van der Waals surface area (Å²) in [7, 11) is 0. The van der Waals surface area contributed by atoms with E-state index in [2.05, 4.69) is 27.2 Å². The molecule has 0 saturated carbocycles. The molecule has 0 N–H and O–H groups in total. The van der Waals surface area contributed by atoms with Gasteiger partial charge < -0.3 is 14.2 Å². The highest BCUT2D eigenvalue weighted by Crippen LogP contribution is 2.25. The van der Waals surface area contributed by atoms with Gasteiger partial charge in [-0.25, -0.2) is 0 Å². The summed E-state index contributed by atoms with van der Waals surface area (Å²) in [5.74, 6) is 1.02. The highest BCUT2D eigenvalue weighted by molar-refractivity contribution is 6.30. The number of hydrogen-bond acceptors (Lipinski definition) is 6. The van der Waals surface area contributed by atoms with Gasteiger partial charge >= 0.3 is 0 Å². The van der Waals surface area contributed by atoms with Crippen molar-refractivity contribution in [3.8, 4) is 22.8 Å². The van der Waals surface area contributed by atoms with Crippen molar-refractivity contribution in [1.29, 1.82) is 0 Å². The van der Waals surface area contributed by atoms with Gasteiger partial charge in [-0.2, -0.15) is 4.98 Å². The first-order valence-corrected chi connectivity index (χ1v) is 12.3. The summed E-state index contributed by atoms with van der Waals surface area (Å²) in [4.78, 5) is 21.3. The van der Waals surface area contributed by atoms with Crippen LogP contribution in [-0.4, -0.2) is 58.6 Å².